The molecule has 0 bridgehead atoms. The third-order valence-electron chi connectivity index (χ3n) is 2.63. The standard InChI is InChI=1S/C12H11ClN4O3/c1-2-16-7-8(6-14-16)15-12(18)9-4-3-5-10(13)11(9)17(19)20/h3-7H,2H2,1H3,(H,15,18). The molecular weight excluding hydrogens is 284 g/mol. The maximum Gasteiger partial charge on any atom is 0.300 e. The van der Waals surface area contributed by atoms with Crippen LogP contribution in [0.5, 0.6) is 0 Å². The fraction of sp³-hybridized carbons (Fsp3) is 0.167. The van der Waals surface area contributed by atoms with Gasteiger partial charge in [-0.25, -0.2) is 0 Å². The summed E-state index contributed by atoms with van der Waals surface area (Å²) in [6.45, 7) is 2.56. The molecule has 0 saturated carbocycles. The van der Waals surface area contributed by atoms with E-state index in [2.05, 4.69) is 10.4 Å². The van der Waals surface area contributed by atoms with Gasteiger partial charge in [0.05, 0.1) is 16.8 Å². The SMILES string of the molecule is CCn1cc(NC(=O)c2cccc(Cl)c2[N+](=O)[O-])cn1. The van der Waals surface area contributed by atoms with Gasteiger partial charge >= 0.3 is 5.69 Å². The number of anilines is 1. The first-order valence-corrected chi connectivity index (χ1v) is 6.17. The smallest absolute Gasteiger partial charge is 0.300 e. The number of benzene rings is 1. The number of aryl methyl sites for hydroxylation is 1. The molecule has 20 heavy (non-hydrogen) atoms. The van der Waals surface area contributed by atoms with Gasteiger partial charge in [0, 0.05) is 12.7 Å². The van der Waals surface area contributed by atoms with Crippen LogP contribution >= 0.6 is 11.6 Å². The normalized spacial score (nSPS) is 10.3. The number of carbonyl (C=O) groups excluding carboxylic acids is 1. The second-order valence-corrected chi connectivity index (χ2v) is 4.34. The summed E-state index contributed by atoms with van der Waals surface area (Å²) < 4.78 is 1.63. The van der Waals surface area contributed by atoms with Gasteiger partial charge in [0.15, 0.2) is 0 Å². The van der Waals surface area contributed by atoms with Crippen LogP contribution in [0.2, 0.25) is 5.02 Å². The van der Waals surface area contributed by atoms with E-state index in [0.717, 1.165) is 0 Å². The number of para-hydroxylation sites is 1. The molecule has 1 amide bonds. The molecular formula is C12H11ClN4O3. The van der Waals surface area contributed by atoms with Crippen molar-refractivity contribution < 1.29 is 9.72 Å². The Bertz CT molecular complexity index is 668. The van der Waals surface area contributed by atoms with Crippen molar-refractivity contribution in [3.63, 3.8) is 0 Å². The van der Waals surface area contributed by atoms with Crippen molar-refractivity contribution in [1.82, 2.24) is 9.78 Å². The lowest BCUT2D eigenvalue weighted by Gasteiger charge is -2.04. The lowest BCUT2D eigenvalue weighted by atomic mass is 10.1. The minimum absolute atomic E-state index is 0.0769. The molecule has 1 N–H and O–H groups in total. The second kappa shape index (κ2) is 5.70. The third kappa shape index (κ3) is 2.77. The quantitative estimate of drug-likeness (QED) is 0.693. The van der Waals surface area contributed by atoms with Crippen molar-refractivity contribution in [2.45, 2.75) is 13.5 Å². The molecule has 0 aliphatic rings. The predicted octanol–water partition coefficient (Wildman–Crippen LogP) is 2.72. The Morgan fingerprint density at radius 1 is 1.55 bits per heavy atom. The zero-order chi connectivity index (χ0) is 14.7. The van der Waals surface area contributed by atoms with Gasteiger partial charge in [-0.3, -0.25) is 19.6 Å². The highest BCUT2D eigenvalue weighted by Crippen LogP contribution is 2.28. The Kier molecular flexibility index (Phi) is 3.99. The minimum atomic E-state index is -0.674. The number of hydrogen-bond donors (Lipinski definition) is 1. The number of nitrogens with zero attached hydrogens (tertiary/aromatic N) is 3. The average molecular weight is 295 g/mol. The first-order chi connectivity index (χ1) is 9.52. The molecule has 2 aromatic rings. The highest BCUT2D eigenvalue weighted by atomic mass is 35.5. The molecule has 0 aliphatic carbocycles. The van der Waals surface area contributed by atoms with Crippen molar-refractivity contribution in [2.75, 3.05) is 5.32 Å². The minimum Gasteiger partial charge on any atom is -0.319 e. The van der Waals surface area contributed by atoms with Gasteiger partial charge in [-0.05, 0) is 19.1 Å². The molecule has 0 saturated heterocycles. The van der Waals surface area contributed by atoms with Crippen molar-refractivity contribution in [1.29, 1.82) is 0 Å². The van der Waals surface area contributed by atoms with E-state index in [9.17, 15) is 14.9 Å². The number of amides is 1. The van der Waals surface area contributed by atoms with Crippen molar-refractivity contribution in [2.24, 2.45) is 0 Å². The largest absolute Gasteiger partial charge is 0.319 e. The van der Waals surface area contributed by atoms with Gasteiger partial charge in [-0.1, -0.05) is 17.7 Å². The fourth-order valence-electron chi connectivity index (χ4n) is 1.68. The van der Waals surface area contributed by atoms with E-state index in [4.69, 9.17) is 11.6 Å². The molecule has 8 heteroatoms. The summed E-state index contributed by atoms with van der Waals surface area (Å²) in [6.07, 6.45) is 3.10. The van der Waals surface area contributed by atoms with E-state index < -0.39 is 16.5 Å². The fourth-order valence-corrected chi connectivity index (χ4v) is 1.93. The Hall–Kier alpha value is -2.41. The van der Waals surface area contributed by atoms with E-state index in [1.54, 1.807) is 10.9 Å². The Morgan fingerprint density at radius 3 is 2.90 bits per heavy atom. The molecule has 1 aromatic heterocycles. The van der Waals surface area contributed by atoms with E-state index >= 15 is 0 Å². The first kappa shape index (κ1) is 14.0. The summed E-state index contributed by atoms with van der Waals surface area (Å²) in [5, 5.41) is 17.4. The van der Waals surface area contributed by atoms with E-state index in [1.807, 2.05) is 6.92 Å². The van der Waals surface area contributed by atoms with Gasteiger partial charge in [-0.2, -0.15) is 5.10 Å². The lowest BCUT2D eigenvalue weighted by Crippen LogP contribution is -2.13. The number of rotatable bonds is 4. The molecule has 0 aliphatic heterocycles. The topological polar surface area (TPSA) is 90.1 Å². The third-order valence-corrected chi connectivity index (χ3v) is 2.93. The average Bonchev–Trinajstić information content (AvgIpc) is 2.85. The number of aromatic nitrogens is 2. The van der Waals surface area contributed by atoms with Crippen LogP contribution in [0.25, 0.3) is 0 Å². The molecule has 104 valence electrons. The molecule has 0 fully saturated rings. The van der Waals surface area contributed by atoms with Crippen molar-refractivity contribution >= 4 is 28.9 Å². The lowest BCUT2D eigenvalue weighted by molar-refractivity contribution is -0.385. The molecule has 2 rings (SSSR count). The predicted molar refractivity (Wildman–Crippen MR) is 74.0 cm³/mol. The van der Waals surface area contributed by atoms with Crippen LogP contribution < -0.4 is 5.32 Å². The molecule has 1 aromatic carbocycles. The van der Waals surface area contributed by atoms with E-state index in [0.29, 0.717) is 12.2 Å². The van der Waals surface area contributed by atoms with Crippen LogP contribution in [0, 0.1) is 10.1 Å². The van der Waals surface area contributed by atoms with Gasteiger partial charge < -0.3 is 5.32 Å². The number of halogens is 1. The van der Waals surface area contributed by atoms with E-state index in [1.165, 1.54) is 24.4 Å². The molecule has 0 radical (unpaired) electrons. The van der Waals surface area contributed by atoms with Gasteiger partial charge in [0.2, 0.25) is 0 Å². The molecule has 0 unspecified atom stereocenters. The summed E-state index contributed by atoms with van der Waals surface area (Å²) >= 11 is 5.76. The number of hydrogen-bond acceptors (Lipinski definition) is 4. The maximum atomic E-state index is 12.1. The van der Waals surface area contributed by atoms with Crippen LogP contribution in [0.4, 0.5) is 11.4 Å². The second-order valence-electron chi connectivity index (χ2n) is 3.93. The molecule has 0 spiro atoms. The van der Waals surface area contributed by atoms with Crippen molar-refractivity contribution in [3.8, 4) is 0 Å². The summed E-state index contributed by atoms with van der Waals surface area (Å²) in [6, 6.07) is 4.20. The monoisotopic (exact) mass is 294 g/mol. The highest BCUT2D eigenvalue weighted by molar-refractivity contribution is 6.33. The van der Waals surface area contributed by atoms with Gasteiger partial charge in [-0.15, -0.1) is 0 Å². The summed E-state index contributed by atoms with van der Waals surface area (Å²) in [7, 11) is 0. The van der Waals surface area contributed by atoms with Crippen LogP contribution in [-0.4, -0.2) is 20.6 Å². The number of nitrogens with one attached hydrogen (secondary N) is 1. The van der Waals surface area contributed by atoms with Crippen LogP contribution in [0.3, 0.4) is 0 Å². The Balaban J connectivity index is 2.29. The molecule has 1 heterocycles. The number of nitro groups is 1. The molecule has 7 nitrogen and oxygen atoms in total. The van der Waals surface area contributed by atoms with Gasteiger partial charge in [0.1, 0.15) is 10.6 Å². The van der Waals surface area contributed by atoms with Crippen molar-refractivity contribution in [3.05, 3.63) is 51.3 Å². The van der Waals surface area contributed by atoms with Crippen LogP contribution in [-0.2, 0) is 6.54 Å². The maximum absolute atomic E-state index is 12.1. The Labute approximate surface area is 119 Å². The Morgan fingerprint density at radius 2 is 2.30 bits per heavy atom. The first-order valence-electron chi connectivity index (χ1n) is 5.79. The summed E-state index contributed by atoms with van der Waals surface area (Å²) in [4.78, 5) is 22.4. The van der Waals surface area contributed by atoms with E-state index in [-0.39, 0.29) is 10.6 Å². The highest BCUT2D eigenvalue weighted by Gasteiger charge is 2.23. The zero-order valence-corrected chi connectivity index (χ0v) is 11.3. The van der Waals surface area contributed by atoms with Crippen LogP contribution in [0.1, 0.15) is 17.3 Å². The molecule has 0 atom stereocenters. The number of nitro benzene ring substituents is 1. The van der Waals surface area contributed by atoms with Gasteiger partial charge in [0.25, 0.3) is 5.91 Å². The summed E-state index contributed by atoms with van der Waals surface area (Å²) in [5.74, 6) is -0.602. The van der Waals surface area contributed by atoms with Crippen LogP contribution in [0.15, 0.2) is 30.6 Å². The zero-order valence-electron chi connectivity index (χ0n) is 10.5. The summed E-state index contributed by atoms with van der Waals surface area (Å²) in [5.41, 5.74) is -0.0348. The number of carbonyl (C=O) groups is 1.